The van der Waals surface area contributed by atoms with E-state index in [2.05, 4.69) is 27.6 Å². The Kier molecular flexibility index (Phi) is 6.31. The summed E-state index contributed by atoms with van der Waals surface area (Å²) in [5.41, 5.74) is 4.81. The summed E-state index contributed by atoms with van der Waals surface area (Å²) in [5.74, 6) is 0. The van der Waals surface area contributed by atoms with Gasteiger partial charge in [0.05, 0.1) is 0 Å². The average molecular weight is 224 g/mol. The molecule has 1 unspecified atom stereocenters. The number of rotatable bonds is 5. The average Bonchev–Trinajstić information content (AvgIpc) is 1.86. The van der Waals surface area contributed by atoms with E-state index in [1.54, 1.807) is 0 Å². The second kappa shape index (κ2) is 6.46. The van der Waals surface area contributed by atoms with Gasteiger partial charge in [-0.3, -0.25) is 0 Å². The quantitative estimate of drug-likeness (QED) is 0.575. The Bertz CT molecular complexity index is 119. The highest BCUT2D eigenvalue weighted by Gasteiger charge is 2.05. The number of hydrogen-bond donors (Lipinski definition) is 1. The number of ether oxygens (including phenoxy) is 1. The molecule has 0 aromatic heterocycles. The fourth-order valence-electron chi connectivity index (χ4n) is 0.740. The maximum Gasteiger partial charge on any atom is 0.405 e. The molecular weight excluding hydrogens is 210 g/mol. The second-order valence-corrected chi connectivity index (χ2v) is 3.36. The summed E-state index contributed by atoms with van der Waals surface area (Å²) < 4.78 is 4.65. The Hall–Kier alpha value is -0.250. The Morgan fingerprint density at radius 2 is 2.27 bits per heavy atom. The Morgan fingerprint density at radius 1 is 1.64 bits per heavy atom. The van der Waals surface area contributed by atoms with Gasteiger partial charge in [0.25, 0.3) is 0 Å². The molecule has 0 spiro atoms. The van der Waals surface area contributed by atoms with Gasteiger partial charge in [0.2, 0.25) is 0 Å². The highest BCUT2D eigenvalue weighted by atomic mass is 79.9. The zero-order chi connectivity index (χ0) is 8.69. The Balaban J connectivity index is 3.22. The predicted octanol–water partition coefficient (Wildman–Crippen LogP) is 2.38. The summed E-state index contributed by atoms with van der Waals surface area (Å²) in [7, 11) is 0. The normalized spacial score (nSPS) is 12.5. The van der Waals surface area contributed by atoms with Crippen LogP contribution in [-0.4, -0.2) is 11.1 Å². The van der Waals surface area contributed by atoms with E-state index >= 15 is 0 Å². The van der Waals surface area contributed by atoms with Crippen molar-refractivity contribution in [2.24, 2.45) is 5.73 Å². The lowest BCUT2D eigenvalue weighted by atomic mass is 10.2. The second-order valence-electron chi connectivity index (χ2n) is 2.34. The summed E-state index contributed by atoms with van der Waals surface area (Å²) >= 11 is 3.19. The molecule has 0 fully saturated rings. The molecule has 66 valence electrons. The Labute approximate surface area is 75.4 Å². The molecule has 4 heteroatoms. The number of hydrogen-bond acceptors (Lipinski definition) is 2. The molecule has 0 aliphatic rings. The predicted molar refractivity (Wildman–Crippen MR) is 47.5 cm³/mol. The van der Waals surface area contributed by atoms with Gasteiger partial charge in [-0.15, -0.1) is 0 Å². The van der Waals surface area contributed by atoms with E-state index in [1.807, 2.05) is 0 Å². The first kappa shape index (κ1) is 10.8. The summed E-state index contributed by atoms with van der Waals surface area (Å²) in [6.07, 6.45) is 3.49. The van der Waals surface area contributed by atoms with Gasteiger partial charge in [0, 0.05) is 0 Å². The van der Waals surface area contributed by atoms with E-state index in [1.165, 1.54) is 0 Å². The molecule has 1 atom stereocenters. The highest BCUT2D eigenvalue weighted by Crippen LogP contribution is 2.11. The number of nitrogens with two attached hydrogens (primary N) is 1. The molecule has 0 aromatic carbocycles. The van der Waals surface area contributed by atoms with Crippen LogP contribution in [-0.2, 0) is 4.74 Å². The number of carbonyl (C=O) groups excluding carboxylic acids is 1. The van der Waals surface area contributed by atoms with Crippen LogP contribution in [0, 0.1) is 0 Å². The molecular formula is C7H14BrNO2. The lowest BCUT2D eigenvalue weighted by molar-refractivity contribution is 0.143. The van der Waals surface area contributed by atoms with E-state index in [0.29, 0.717) is 0 Å². The van der Waals surface area contributed by atoms with Crippen molar-refractivity contribution in [1.82, 2.24) is 0 Å². The van der Waals surface area contributed by atoms with Gasteiger partial charge in [-0.25, -0.2) is 4.79 Å². The zero-order valence-corrected chi connectivity index (χ0v) is 8.26. The van der Waals surface area contributed by atoms with Crippen LogP contribution in [0.3, 0.4) is 0 Å². The van der Waals surface area contributed by atoms with Crippen molar-refractivity contribution in [2.75, 3.05) is 0 Å². The van der Waals surface area contributed by atoms with Gasteiger partial charge >= 0.3 is 6.09 Å². The van der Waals surface area contributed by atoms with Crippen LogP contribution in [0.2, 0.25) is 0 Å². The molecule has 0 aliphatic heterocycles. The minimum atomic E-state index is -0.719. The SMILES string of the molecule is CCCCCC(Br)OC(N)=O. The third-order valence-electron chi connectivity index (χ3n) is 1.28. The molecule has 1 amide bonds. The van der Waals surface area contributed by atoms with Crippen molar-refractivity contribution in [2.45, 2.75) is 37.6 Å². The first-order valence-electron chi connectivity index (χ1n) is 3.77. The van der Waals surface area contributed by atoms with Gasteiger partial charge in [0.1, 0.15) is 0 Å². The molecule has 2 N–H and O–H groups in total. The van der Waals surface area contributed by atoms with Crippen molar-refractivity contribution < 1.29 is 9.53 Å². The van der Waals surface area contributed by atoms with E-state index in [-0.39, 0.29) is 5.01 Å². The van der Waals surface area contributed by atoms with Crippen molar-refractivity contribution in [1.29, 1.82) is 0 Å². The van der Waals surface area contributed by atoms with Crippen molar-refractivity contribution in [3.8, 4) is 0 Å². The van der Waals surface area contributed by atoms with E-state index in [4.69, 9.17) is 5.73 Å². The van der Waals surface area contributed by atoms with Crippen LogP contribution in [0.4, 0.5) is 4.79 Å². The molecule has 0 saturated heterocycles. The molecule has 0 bridgehead atoms. The minimum absolute atomic E-state index is 0.216. The summed E-state index contributed by atoms with van der Waals surface area (Å²) in [4.78, 5) is 10.2. The molecule has 0 saturated carbocycles. The van der Waals surface area contributed by atoms with Crippen LogP contribution in [0.1, 0.15) is 32.6 Å². The number of alkyl halides is 1. The smallest absolute Gasteiger partial charge is 0.405 e. The van der Waals surface area contributed by atoms with Crippen LogP contribution < -0.4 is 5.73 Å². The van der Waals surface area contributed by atoms with Gasteiger partial charge in [-0.05, 0) is 28.8 Å². The maximum absolute atomic E-state index is 10.2. The fraction of sp³-hybridized carbons (Fsp3) is 0.857. The fourth-order valence-corrected chi connectivity index (χ4v) is 1.25. The van der Waals surface area contributed by atoms with Crippen LogP contribution in [0.15, 0.2) is 0 Å². The molecule has 0 rings (SSSR count). The maximum atomic E-state index is 10.2. The lowest BCUT2D eigenvalue weighted by Gasteiger charge is -2.07. The number of primary amides is 1. The lowest BCUT2D eigenvalue weighted by Crippen LogP contribution is -2.18. The molecule has 0 aliphatic carbocycles. The third-order valence-corrected chi connectivity index (χ3v) is 1.92. The number of halogens is 1. The van der Waals surface area contributed by atoms with Gasteiger partial charge < -0.3 is 10.5 Å². The minimum Gasteiger partial charge on any atom is -0.435 e. The first-order chi connectivity index (χ1) is 5.16. The van der Waals surface area contributed by atoms with E-state index < -0.39 is 6.09 Å². The standard InChI is InChI=1S/C7H14BrNO2/c1-2-3-4-5-6(8)11-7(9)10/h6H,2-5H2,1H3,(H2,9,10). The van der Waals surface area contributed by atoms with Gasteiger partial charge in [-0.1, -0.05) is 19.8 Å². The van der Waals surface area contributed by atoms with Crippen molar-refractivity contribution >= 4 is 22.0 Å². The van der Waals surface area contributed by atoms with Crippen LogP contribution >= 0.6 is 15.9 Å². The number of unbranched alkanes of at least 4 members (excludes halogenated alkanes) is 2. The summed E-state index contributed by atoms with van der Waals surface area (Å²) in [6.45, 7) is 2.12. The van der Waals surface area contributed by atoms with Crippen molar-refractivity contribution in [3.63, 3.8) is 0 Å². The molecule has 11 heavy (non-hydrogen) atoms. The summed E-state index contributed by atoms with van der Waals surface area (Å²) in [5, 5.41) is -0.216. The van der Waals surface area contributed by atoms with Crippen LogP contribution in [0.5, 0.6) is 0 Å². The molecule has 0 aromatic rings. The molecule has 0 radical (unpaired) electrons. The third kappa shape index (κ3) is 7.65. The first-order valence-corrected chi connectivity index (χ1v) is 4.68. The highest BCUT2D eigenvalue weighted by molar-refractivity contribution is 9.09. The summed E-state index contributed by atoms with van der Waals surface area (Å²) in [6, 6.07) is 0. The van der Waals surface area contributed by atoms with Crippen LogP contribution in [0.25, 0.3) is 0 Å². The Morgan fingerprint density at radius 3 is 2.73 bits per heavy atom. The van der Waals surface area contributed by atoms with E-state index in [0.717, 1.165) is 25.7 Å². The largest absolute Gasteiger partial charge is 0.435 e. The molecule has 0 heterocycles. The monoisotopic (exact) mass is 223 g/mol. The van der Waals surface area contributed by atoms with Crippen molar-refractivity contribution in [3.05, 3.63) is 0 Å². The van der Waals surface area contributed by atoms with E-state index in [9.17, 15) is 4.79 Å². The molecule has 3 nitrogen and oxygen atoms in total. The van der Waals surface area contributed by atoms with Gasteiger partial charge in [0.15, 0.2) is 5.01 Å². The number of carbonyl (C=O) groups is 1. The topological polar surface area (TPSA) is 52.3 Å². The zero-order valence-electron chi connectivity index (χ0n) is 6.68. The van der Waals surface area contributed by atoms with Gasteiger partial charge in [-0.2, -0.15) is 0 Å². The number of amides is 1.